The minimum Gasteiger partial charge on any atom is -0.461 e. The summed E-state index contributed by atoms with van der Waals surface area (Å²) in [7, 11) is 3.67. The fourth-order valence-electron chi connectivity index (χ4n) is 2.37. The number of ether oxygens (including phenoxy) is 1. The average Bonchev–Trinajstić information content (AvgIpc) is 3.00. The second-order valence-electron chi connectivity index (χ2n) is 4.86. The molecule has 6 heteroatoms. The molecule has 0 saturated heterocycles. The van der Waals surface area contributed by atoms with Gasteiger partial charge < -0.3 is 4.74 Å². The molecule has 2 heterocycles. The number of aromatic nitrogens is 4. The van der Waals surface area contributed by atoms with Crippen LogP contribution in [0.25, 0.3) is 22.0 Å². The maximum Gasteiger partial charge on any atom is 0.359 e. The second kappa shape index (κ2) is 5.05. The molecule has 0 radical (unpaired) electrons. The summed E-state index contributed by atoms with van der Waals surface area (Å²) in [5, 5.41) is 9.58. The zero-order valence-corrected chi connectivity index (χ0v) is 12.2. The second-order valence-corrected chi connectivity index (χ2v) is 4.86. The maximum atomic E-state index is 12.0. The van der Waals surface area contributed by atoms with E-state index >= 15 is 0 Å². The van der Waals surface area contributed by atoms with Crippen molar-refractivity contribution in [3.63, 3.8) is 0 Å². The van der Waals surface area contributed by atoms with E-state index in [9.17, 15) is 4.79 Å². The Morgan fingerprint density at radius 2 is 1.95 bits per heavy atom. The SMILES string of the molecule is CCOC(=O)c1nn(C)cc1-c1ccc2nn(C)cc2c1. The van der Waals surface area contributed by atoms with Gasteiger partial charge in [0.1, 0.15) is 0 Å². The Balaban J connectivity index is 2.11. The highest BCUT2D eigenvalue weighted by atomic mass is 16.5. The first-order chi connectivity index (χ1) is 10.1. The van der Waals surface area contributed by atoms with E-state index in [1.54, 1.807) is 23.3 Å². The highest BCUT2D eigenvalue weighted by molar-refractivity contribution is 5.96. The van der Waals surface area contributed by atoms with Crippen LogP contribution in [0.4, 0.5) is 0 Å². The summed E-state index contributed by atoms with van der Waals surface area (Å²) in [5.41, 5.74) is 2.94. The van der Waals surface area contributed by atoms with E-state index < -0.39 is 5.97 Å². The monoisotopic (exact) mass is 284 g/mol. The predicted octanol–water partition coefficient (Wildman–Crippen LogP) is 2.15. The molecule has 3 aromatic rings. The van der Waals surface area contributed by atoms with Crippen molar-refractivity contribution in [3.05, 3.63) is 36.3 Å². The third-order valence-corrected chi connectivity index (χ3v) is 3.23. The molecule has 108 valence electrons. The number of nitrogens with zero attached hydrogens (tertiary/aromatic N) is 4. The van der Waals surface area contributed by atoms with Crippen LogP contribution < -0.4 is 0 Å². The average molecular weight is 284 g/mol. The zero-order chi connectivity index (χ0) is 15.0. The largest absolute Gasteiger partial charge is 0.461 e. The summed E-state index contributed by atoms with van der Waals surface area (Å²) in [6, 6.07) is 5.88. The fraction of sp³-hybridized carbons (Fsp3) is 0.267. The van der Waals surface area contributed by atoms with E-state index in [-0.39, 0.29) is 0 Å². The summed E-state index contributed by atoms with van der Waals surface area (Å²) in [6.07, 6.45) is 3.77. The van der Waals surface area contributed by atoms with Crippen LogP contribution in [0.15, 0.2) is 30.6 Å². The van der Waals surface area contributed by atoms with Gasteiger partial charge in [-0.3, -0.25) is 9.36 Å². The summed E-state index contributed by atoms with van der Waals surface area (Å²) < 4.78 is 8.45. The molecular weight excluding hydrogens is 268 g/mol. The van der Waals surface area contributed by atoms with Crippen molar-refractivity contribution in [2.75, 3.05) is 6.61 Å². The molecule has 6 nitrogen and oxygen atoms in total. The quantitative estimate of drug-likeness (QED) is 0.691. The number of benzene rings is 1. The number of aryl methyl sites for hydroxylation is 2. The molecule has 1 aromatic carbocycles. The number of fused-ring (bicyclic) bond motifs is 1. The predicted molar refractivity (Wildman–Crippen MR) is 78.9 cm³/mol. The van der Waals surface area contributed by atoms with Crippen molar-refractivity contribution < 1.29 is 9.53 Å². The van der Waals surface area contributed by atoms with Crippen molar-refractivity contribution in [3.8, 4) is 11.1 Å². The van der Waals surface area contributed by atoms with Crippen LogP contribution in [-0.4, -0.2) is 32.1 Å². The number of hydrogen-bond donors (Lipinski definition) is 0. The zero-order valence-electron chi connectivity index (χ0n) is 12.2. The fourth-order valence-corrected chi connectivity index (χ4v) is 2.37. The Morgan fingerprint density at radius 3 is 2.71 bits per heavy atom. The molecule has 21 heavy (non-hydrogen) atoms. The van der Waals surface area contributed by atoms with Crippen LogP contribution in [-0.2, 0) is 18.8 Å². The van der Waals surface area contributed by atoms with Crippen LogP contribution in [0.5, 0.6) is 0 Å². The van der Waals surface area contributed by atoms with Crippen molar-refractivity contribution in [1.82, 2.24) is 19.6 Å². The first-order valence-electron chi connectivity index (χ1n) is 6.73. The molecule has 0 fully saturated rings. The van der Waals surface area contributed by atoms with Gasteiger partial charge in [-0.05, 0) is 24.6 Å². The Labute approximate surface area is 121 Å². The van der Waals surface area contributed by atoms with E-state index in [1.807, 2.05) is 37.6 Å². The molecular formula is C15H16N4O2. The number of carbonyl (C=O) groups excluding carboxylic acids is 1. The number of esters is 1. The lowest BCUT2D eigenvalue weighted by Gasteiger charge is -2.02. The van der Waals surface area contributed by atoms with Crippen molar-refractivity contribution >= 4 is 16.9 Å². The Morgan fingerprint density at radius 1 is 1.19 bits per heavy atom. The van der Waals surface area contributed by atoms with Crippen LogP contribution in [0.1, 0.15) is 17.4 Å². The molecule has 0 unspecified atom stereocenters. The van der Waals surface area contributed by atoms with Gasteiger partial charge in [-0.25, -0.2) is 4.79 Å². The van der Waals surface area contributed by atoms with Gasteiger partial charge in [0.05, 0.1) is 12.1 Å². The van der Waals surface area contributed by atoms with Gasteiger partial charge in [0.25, 0.3) is 0 Å². The van der Waals surface area contributed by atoms with Gasteiger partial charge in [0.15, 0.2) is 5.69 Å². The summed E-state index contributed by atoms with van der Waals surface area (Å²) in [6.45, 7) is 2.11. The van der Waals surface area contributed by atoms with Crippen molar-refractivity contribution in [2.24, 2.45) is 14.1 Å². The summed E-state index contributed by atoms with van der Waals surface area (Å²) in [4.78, 5) is 12.0. The van der Waals surface area contributed by atoms with E-state index in [4.69, 9.17) is 4.74 Å². The number of rotatable bonds is 3. The lowest BCUT2D eigenvalue weighted by molar-refractivity contribution is 0.0519. The van der Waals surface area contributed by atoms with Gasteiger partial charge in [0, 0.05) is 37.4 Å². The molecule has 0 N–H and O–H groups in total. The first-order valence-corrected chi connectivity index (χ1v) is 6.73. The van der Waals surface area contributed by atoms with Crippen LogP contribution >= 0.6 is 0 Å². The molecule has 0 saturated carbocycles. The Kier molecular flexibility index (Phi) is 3.21. The molecule has 0 aliphatic rings. The Hall–Kier alpha value is -2.63. The van der Waals surface area contributed by atoms with Gasteiger partial charge >= 0.3 is 5.97 Å². The smallest absolute Gasteiger partial charge is 0.359 e. The minimum absolute atomic E-state index is 0.330. The summed E-state index contributed by atoms with van der Waals surface area (Å²) >= 11 is 0. The topological polar surface area (TPSA) is 61.9 Å². The lowest BCUT2D eigenvalue weighted by atomic mass is 10.0. The van der Waals surface area contributed by atoms with E-state index in [0.29, 0.717) is 12.3 Å². The van der Waals surface area contributed by atoms with Crippen LogP contribution in [0.3, 0.4) is 0 Å². The molecule has 0 aliphatic carbocycles. The number of carbonyl (C=O) groups is 1. The van der Waals surface area contributed by atoms with E-state index in [0.717, 1.165) is 22.0 Å². The Bertz CT molecular complexity index is 816. The highest BCUT2D eigenvalue weighted by Crippen LogP contribution is 2.26. The van der Waals surface area contributed by atoms with Crippen molar-refractivity contribution in [1.29, 1.82) is 0 Å². The normalized spacial score (nSPS) is 11.0. The molecule has 0 spiro atoms. The molecule has 0 amide bonds. The third-order valence-electron chi connectivity index (χ3n) is 3.23. The lowest BCUT2D eigenvalue weighted by Crippen LogP contribution is -2.07. The summed E-state index contributed by atoms with van der Waals surface area (Å²) in [5.74, 6) is -0.403. The van der Waals surface area contributed by atoms with E-state index in [1.165, 1.54) is 0 Å². The van der Waals surface area contributed by atoms with Gasteiger partial charge in [-0.1, -0.05) is 6.07 Å². The molecule has 3 rings (SSSR count). The van der Waals surface area contributed by atoms with Crippen LogP contribution in [0, 0.1) is 0 Å². The highest BCUT2D eigenvalue weighted by Gasteiger charge is 2.18. The molecule has 2 aromatic heterocycles. The maximum absolute atomic E-state index is 12.0. The van der Waals surface area contributed by atoms with Crippen LogP contribution in [0.2, 0.25) is 0 Å². The molecule has 0 aliphatic heterocycles. The molecule has 0 atom stereocenters. The minimum atomic E-state index is -0.403. The third kappa shape index (κ3) is 2.40. The van der Waals surface area contributed by atoms with Gasteiger partial charge in [0.2, 0.25) is 0 Å². The van der Waals surface area contributed by atoms with Gasteiger partial charge in [-0.15, -0.1) is 0 Å². The molecule has 0 bridgehead atoms. The number of hydrogen-bond acceptors (Lipinski definition) is 4. The van der Waals surface area contributed by atoms with Gasteiger partial charge in [-0.2, -0.15) is 10.2 Å². The standard InChI is InChI=1S/C15H16N4O2/c1-4-21-15(20)14-12(9-19(3)17-14)10-5-6-13-11(7-10)8-18(2)16-13/h5-9H,4H2,1-3H3. The first kappa shape index (κ1) is 13.4. The van der Waals surface area contributed by atoms with E-state index in [2.05, 4.69) is 10.2 Å². The van der Waals surface area contributed by atoms with Crippen molar-refractivity contribution in [2.45, 2.75) is 6.92 Å².